The van der Waals surface area contributed by atoms with Gasteiger partial charge in [-0.15, -0.1) is 0 Å². The van der Waals surface area contributed by atoms with Crippen LogP contribution in [0.1, 0.15) is 24.0 Å². The van der Waals surface area contributed by atoms with Gasteiger partial charge in [0.2, 0.25) is 0 Å². The van der Waals surface area contributed by atoms with Crippen molar-refractivity contribution >= 4 is 0 Å². The summed E-state index contributed by atoms with van der Waals surface area (Å²) in [5.74, 6) is -0.363. The predicted octanol–water partition coefficient (Wildman–Crippen LogP) is 1.34. The summed E-state index contributed by atoms with van der Waals surface area (Å²) in [6.07, 6.45) is 2.17. The lowest BCUT2D eigenvalue weighted by atomic mass is 9.79. The highest BCUT2D eigenvalue weighted by Crippen LogP contribution is 2.35. The number of benzene rings is 1. The Hall–Kier alpha value is -0.930. The van der Waals surface area contributed by atoms with Crippen molar-refractivity contribution in [3.05, 3.63) is 35.1 Å². The van der Waals surface area contributed by atoms with E-state index in [0.717, 1.165) is 18.4 Å². The SMILES string of the molecule is OCC1(O)CCCc2ccc(F)cc21. The predicted molar refractivity (Wildman–Crippen MR) is 50.3 cm³/mol. The summed E-state index contributed by atoms with van der Waals surface area (Å²) in [6.45, 7) is -0.344. The minimum Gasteiger partial charge on any atom is -0.393 e. The molecule has 1 unspecified atom stereocenters. The molecule has 0 spiro atoms. The van der Waals surface area contributed by atoms with E-state index in [1.54, 1.807) is 6.07 Å². The third kappa shape index (κ3) is 1.42. The van der Waals surface area contributed by atoms with Gasteiger partial charge < -0.3 is 10.2 Å². The van der Waals surface area contributed by atoms with Gasteiger partial charge in [0.05, 0.1) is 6.61 Å². The zero-order chi connectivity index (χ0) is 10.2. The van der Waals surface area contributed by atoms with Gasteiger partial charge >= 0.3 is 0 Å². The molecule has 0 radical (unpaired) electrons. The normalized spacial score (nSPS) is 25.9. The Morgan fingerprint density at radius 2 is 2.21 bits per heavy atom. The average molecular weight is 196 g/mol. The van der Waals surface area contributed by atoms with Gasteiger partial charge in [-0.05, 0) is 42.5 Å². The standard InChI is InChI=1S/C11H13FO2/c12-9-4-3-8-2-1-5-11(14,7-13)10(8)6-9/h3-4,6,13-14H,1-2,5,7H2. The van der Waals surface area contributed by atoms with Gasteiger partial charge in [0.25, 0.3) is 0 Å². The lowest BCUT2D eigenvalue weighted by Gasteiger charge is -2.32. The molecular formula is C11H13FO2. The number of hydrogen-bond acceptors (Lipinski definition) is 2. The number of fused-ring (bicyclic) bond motifs is 1. The second-order valence-electron chi connectivity index (χ2n) is 3.84. The number of halogens is 1. The highest BCUT2D eigenvalue weighted by Gasteiger charge is 2.33. The van der Waals surface area contributed by atoms with Gasteiger partial charge in [0, 0.05) is 0 Å². The number of rotatable bonds is 1. The van der Waals surface area contributed by atoms with Crippen molar-refractivity contribution in [1.29, 1.82) is 0 Å². The molecule has 2 N–H and O–H groups in total. The number of aliphatic hydroxyl groups is 2. The molecule has 1 atom stereocenters. The van der Waals surface area contributed by atoms with Gasteiger partial charge in [-0.25, -0.2) is 4.39 Å². The van der Waals surface area contributed by atoms with E-state index in [1.165, 1.54) is 12.1 Å². The molecule has 1 aliphatic rings. The summed E-state index contributed by atoms with van der Waals surface area (Å²) in [5, 5.41) is 19.2. The van der Waals surface area contributed by atoms with Crippen LogP contribution in [0.25, 0.3) is 0 Å². The van der Waals surface area contributed by atoms with Crippen LogP contribution in [-0.4, -0.2) is 16.8 Å². The molecule has 0 bridgehead atoms. The Bertz CT molecular complexity index is 351. The van der Waals surface area contributed by atoms with Crippen LogP contribution in [0.5, 0.6) is 0 Å². The molecule has 1 aromatic carbocycles. The highest BCUT2D eigenvalue weighted by molar-refractivity contribution is 5.35. The molecule has 0 saturated carbocycles. The molecule has 0 saturated heterocycles. The largest absolute Gasteiger partial charge is 0.393 e. The summed E-state index contributed by atoms with van der Waals surface area (Å²) in [4.78, 5) is 0. The summed E-state index contributed by atoms with van der Waals surface area (Å²) in [5.41, 5.74) is 0.246. The van der Waals surface area contributed by atoms with Crippen LogP contribution < -0.4 is 0 Å². The highest BCUT2D eigenvalue weighted by atomic mass is 19.1. The van der Waals surface area contributed by atoms with Crippen molar-refractivity contribution in [3.8, 4) is 0 Å². The first-order chi connectivity index (χ1) is 6.65. The van der Waals surface area contributed by atoms with Crippen LogP contribution in [0, 0.1) is 5.82 Å². The van der Waals surface area contributed by atoms with Crippen molar-refractivity contribution in [2.75, 3.05) is 6.61 Å². The third-order valence-electron chi connectivity index (χ3n) is 2.87. The lowest BCUT2D eigenvalue weighted by molar-refractivity contribution is -0.0329. The zero-order valence-electron chi connectivity index (χ0n) is 7.83. The molecule has 0 heterocycles. The van der Waals surface area contributed by atoms with Gasteiger partial charge in [0.1, 0.15) is 11.4 Å². The van der Waals surface area contributed by atoms with E-state index >= 15 is 0 Å². The summed E-state index contributed by atoms with van der Waals surface area (Å²) in [6, 6.07) is 4.40. The van der Waals surface area contributed by atoms with Gasteiger partial charge in [-0.2, -0.15) is 0 Å². The molecule has 1 aliphatic carbocycles. The average Bonchev–Trinajstić information content (AvgIpc) is 2.20. The monoisotopic (exact) mass is 196 g/mol. The second kappa shape index (κ2) is 3.33. The van der Waals surface area contributed by atoms with Crippen molar-refractivity contribution in [1.82, 2.24) is 0 Å². The van der Waals surface area contributed by atoms with E-state index in [9.17, 15) is 9.50 Å². The maximum Gasteiger partial charge on any atom is 0.123 e. The fourth-order valence-electron chi connectivity index (χ4n) is 2.07. The van der Waals surface area contributed by atoms with Crippen LogP contribution in [-0.2, 0) is 12.0 Å². The molecular weight excluding hydrogens is 183 g/mol. The zero-order valence-corrected chi connectivity index (χ0v) is 7.83. The van der Waals surface area contributed by atoms with Crippen molar-refractivity contribution in [3.63, 3.8) is 0 Å². The molecule has 2 nitrogen and oxygen atoms in total. The maximum absolute atomic E-state index is 13.0. The molecule has 3 heteroatoms. The number of aliphatic hydroxyl groups excluding tert-OH is 1. The molecule has 1 aromatic rings. The van der Waals surface area contributed by atoms with Crippen LogP contribution >= 0.6 is 0 Å². The Morgan fingerprint density at radius 3 is 2.93 bits per heavy atom. The smallest absolute Gasteiger partial charge is 0.123 e. The first-order valence-electron chi connectivity index (χ1n) is 4.78. The minimum atomic E-state index is -1.24. The fraction of sp³-hybridized carbons (Fsp3) is 0.455. The van der Waals surface area contributed by atoms with Crippen LogP contribution in [0.3, 0.4) is 0 Å². The summed E-state index contributed by atoms with van der Waals surface area (Å²) < 4.78 is 13.0. The molecule has 0 fully saturated rings. The van der Waals surface area contributed by atoms with E-state index in [1.807, 2.05) is 0 Å². The van der Waals surface area contributed by atoms with Crippen LogP contribution in [0.4, 0.5) is 4.39 Å². The molecule has 76 valence electrons. The number of hydrogen-bond donors (Lipinski definition) is 2. The van der Waals surface area contributed by atoms with Gasteiger partial charge in [-0.1, -0.05) is 6.07 Å². The Labute approximate surface area is 82.0 Å². The van der Waals surface area contributed by atoms with Gasteiger partial charge in [0.15, 0.2) is 0 Å². The molecule has 0 aliphatic heterocycles. The van der Waals surface area contributed by atoms with E-state index in [2.05, 4.69) is 0 Å². The summed E-state index contributed by atoms with van der Waals surface area (Å²) >= 11 is 0. The lowest BCUT2D eigenvalue weighted by Crippen LogP contribution is -2.34. The maximum atomic E-state index is 13.0. The molecule has 2 rings (SSSR count). The first kappa shape index (κ1) is 9.62. The van der Waals surface area contributed by atoms with Crippen molar-refractivity contribution in [2.45, 2.75) is 24.9 Å². The van der Waals surface area contributed by atoms with E-state index in [-0.39, 0.29) is 12.4 Å². The second-order valence-corrected chi connectivity index (χ2v) is 3.84. The Morgan fingerprint density at radius 1 is 1.43 bits per heavy atom. The van der Waals surface area contributed by atoms with Crippen molar-refractivity contribution in [2.24, 2.45) is 0 Å². The minimum absolute atomic E-state index is 0.344. The van der Waals surface area contributed by atoms with E-state index < -0.39 is 5.60 Å². The topological polar surface area (TPSA) is 40.5 Å². The van der Waals surface area contributed by atoms with E-state index in [0.29, 0.717) is 12.0 Å². The summed E-state index contributed by atoms with van der Waals surface area (Å²) in [7, 11) is 0. The van der Waals surface area contributed by atoms with Crippen LogP contribution in [0.2, 0.25) is 0 Å². The van der Waals surface area contributed by atoms with Crippen LogP contribution in [0.15, 0.2) is 18.2 Å². The van der Waals surface area contributed by atoms with Crippen molar-refractivity contribution < 1.29 is 14.6 Å². The third-order valence-corrected chi connectivity index (χ3v) is 2.87. The Kier molecular flexibility index (Phi) is 2.29. The fourth-order valence-corrected chi connectivity index (χ4v) is 2.07. The first-order valence-corrected chi connectivity index (χ1v) is 4.78. The van der Waals surface area contributed by atoms with Gasteiger partial charge in [-0.3, -0.25) is 0 Å². The van der Waals surface area contributed by atoms with E-state index in [4.69, 9.17) is 5.11 Å². The molecule has 14 heavy (non-hydrogen) atoms. The quantitative estimate of drug-likeness (QED) is 0.711. The number of aryl methyl sites for hydroxylation is 1. The molecule has 0 amide bonds. The Balaban J connectivity index is 2.52. The molecule has 0 aromatic heterocycles.